The number of aliphatic hydroxyl groups is 1. The van der Waals surface area contributed by atoms with Crippen molar-refractivity contribution in [3.05, 3.63) is 207 Å². The first-order valence-corrected chi connectivity index (χ1v) is 37.6. The van der Waals surface area contributed by atoms with Gasteiger partial charge < -0.3 is 14.6 Å². The van der Waals surface area contributed by atoms with E-state index in [1.54, 1.807) is 0 Å². The zero-order valence-electron chi connectivity index (χ0n) is 59.2. The second-order valence-corrected chi connectivity index (χ2v) is 24.3. The van der Waals surface area contributed by atoms with E-state index in [1.165, 1.54) is 135 Å². The van der Waals surface area contributed by atoms with Gasteiger partial charge in [0.1, 0.15) is 6.61 Å². The van der Waals surface area contributed by atoms with E-state index >= 15 is 0 Å². The second-order valence-electron chi connectivity index (χ2n) is 24.3. The highest BCUT2D eigenvalue weighted by Crippen LogP contribution is 2.16. The van der Waals surface area contributed by atoms with E-state index in [4.69, 9.17) is 9.47 Å². The Hall–Kier alpha value is -5.52. The fraction of sp³-hybridized carbons (Fsp3) is 0.586. The fourth-order valence-electron chi connectivity index (χ4n) is 10.0. The van der Waals surface area contributed by atoms with Gasteiger partial charge in [-0.1, -0.05) is 355 Å². The number of unbranched alkanes of at least 4 members (excludes halogenated alkanes) is 25. The number of ether oxygens (including phenoxy) is 2. The highest BCUT2D eigenvalue weighted by molar-refractivity contribution is 5.70. The van der Waals surface area contributed by atoms with E-state index in [0.717, 1.165) is 148 Å². The molecule has 0 aliphatic carbocycles. The van der Waals surface area contributed by atoms with E-state index in [1.807, 2.05) is 0 Å². The smallest absolute Gasteiger partial charge is 0.306 e. The quantitative estimate of drug-likeness (QED) is 0.0373. The molecule has 0 saturated carbocycles. The lowest BCUT2D eigenvalue weighted by molar-refractivity contribution is -0.161. The fourth-order valence-corrected chi connectivity index (χ4v) is 10.0. The minimum Gasteiger partial charge on any atom is -0.462 e. The van der Waals surface area contributed by atoms with Crippen molar-refractivity contribution in [1.82, 2.24) is 0 Å². The number of aliphatic hydroxyl groups excluding tert-OH is 1. The van der Waals surface area contributed by atoms with Gasteiger partial charge >= 0.3 is 11.9 Å². The van der Waals surface area contributed by atoms with Crippen molar-refractivity contribution in [2.45, 2.75) is 315 Å². The van der Waals surface area contributed by atoms with Crippen LogP contribution in [0, 0.1) is 0 Å². The molecular weight excluding hydrogens is 1120 g/mol. The predicted molar refractivity (Wildman–Crippen MR) is 407 cm³/mol. The van der Waals surface area contributed by atoms with Gasteiger partial charge in [0.15, 0.2) is 6.10 Å². The Morgan fingerprint density at radius 2 is 0.435 bits per heavy atom. The van der Waals surface area contributed by atoms with Crippen molar-refractivity contribution in [3.63, 3.8) is 0 Å². The third kappa shape index (κ3) is 76.9. The van der Waals surface area contributed by atoms with Crippen LogP contribution in [0.1, 0.15) is 309 Å². The van der Waals surface area contributed by atoms with Crippen molar-refractivity contribution in [2.75, 3.05) is 13.2 Å². The summed E-state index contributed by atoms with van der Waals surface area (Å²) in [6.45, 7) is 3.92. The van der Waals surface area contributed by atoms with Gasteiger partial charge in [-0.3, -0.25) is 9.59 Å². The number of esters is 2. The summed E-state index contributed by atoms with van der Waals surface area (Å²) in [5.74, 6) is -0.599. The summed E-state index contributed by atoms with van der Waals surface area (Å²) in [6.07, 6.45) is 127. The third-order valence-corrected chi connectivity index (χ3v) is 15.6. The SMILES string of the molecule is CC/C=C\C/C=C\C/C=C\C/C=C\C/C=C\C/C=C\C/C=C\C/C=C\C/C=C\CCCCCCCCCCCCCCCC(=O)OC(CO)COC(=O)CCCCCCCCCCCCCC/C=C\C/C=C\C/C=C\C/C=C\C/C=C\C/C=C\C/C=C\C/C=C\CC. The maximum Gasteiger partial charge on any atom is 0.306 e. The van der Waals surface area contributed by atoms with Crippen LogP contribution >= 0.6 is 0 Å². The highest BCUT2D eigenvalue weighted by atomic mass is 16.6. The van der Waals surface area contributed by atoms with E-state index in [-0.39, 0.29) is 25.2 Å². The van der Waals surface area contributed by atoms with Gasteiger partial charge in [0.05, 0.1) is 6.61 Å². The summed E-state index contributed by atoms with van der Waals surface area (Å²) in [4.78, 5) is 24.7. The Kier molecular flexibility index (Phi) is 74.9. The third-order valence-electron chi connectivity index (χ3n) is 15.6. The first-order valence-electron chi connectivity index (χ1n) is 37.6. The number of hydrogen-bond acceptors (Lipinski definition) is 5. The number of carbonyl (C=O) groups excluding carboxylic acids is 2. The Morgan fingerprint density at radius 3 is 0.652 bits per heavy atom. The molecule has 0 fully saturated rings. The van der Waals surface area contributed by atoms with E-state index in [9.17, 15) is 14.7 Å². The molecule has 0 aromatic carbocycles. The first-order chi connectivity index (χ1) is 45.6. The summed E-state index contributed by atoms with van der Waals surface area (Å²) in [7, 11) is 0. The molecule has 0 aliphatic heterocycles. The van der Waals surface area contributed by atoms with Gasteiger partial charge in [-0.2, -0.15) is 0 Å². The Morgan fingerprint density at radius 1 is 0.250 bits per heavy atom. The zero-order chi connectivity index (χ0) is 66.1. The van der Waals surface area contributed by atoms with Gasteiger partial charge in [0.25, 0.3) is 0 Å². The molecule has 0 radical (unpaired) electrons. The summed E-state index contributed by atoms with van der Waals surface area (Å²) >= 11 is 0. The normalized spacial score (nSPS) is 13.5. The van der Waals surface area contributed by atoms with Gasteiger partial charge in [-0.25, -0.2) is 0 Å². The molecule has 1 unspecified atom stereocenters. The Bertz CT molecular complexity index is 2120. The molecule has 5 heteroatoms. The molecule has 0 aromatic heterocycles. The molecule has 0 spiro atoms. The zero-order valence-corrected chi connectivity index (χ0v) is 59.2. The monoisotopic (exact) mass is 1260 g/mol. The lowest BCUT2D eigenvalue weighted by Crippen LogP contribution is -2.28. The molecule has 0 rings (SSSR count). The van der Waals surface area contributed by atoms with Gasteiger partial charge in [-0.05, 0) is 148 Å². The van der Waals surface area contributed by atoms with Gasteiger partial charge in [0.2, 0.25) is 0 Å². The topological polar surface area (TPSA) is 72.8 Å². The van der Waals surface area contributed by atoms with E-state index in [2.05, 4.69) is 220 Å². The maximum absolute atomic E-state index is 12.4. The van der Waals surface area contributed by atoms with Crippen LogP contribution in [0.5, 0.6) is 0 Å². The number of allylic oxidation sites excluding steroid dienone is 34. The lowest BCUT2D eigenvalue weighted by atomic mass is 10.0. The summed E-state index contributed by atoms with van der Waals surface area (Å²) in [6, 6.07) is 0. The summed E-state index contributed by atoms with van der Waals surface area (Å²) in [5.41, 5.74) is 0. The van der Waals surface area contributed by atoms with Crippen molar-refractivity contribution >= 4 is 11.9 Å². The lowest BCUT2D eigenvalue weighted by Gasteiger charge is -2.15. The highest BCUT2D eigenvalue weighted by Gasteiger charge is 2.16. The number of hydrogen-bond donors (Lipinski definition) is 1. The second kappa shape index (κ2) is 79.7. The Balaban J connectivity index is 3.55. The molecule has 0 aliphatic rings. The van der Waals surface area contributed by atoms with Crippen LogP contribution in [-0.2, 0) is 19.1 Å². The van der Waals surface area contributed by atoms with Crippen LogP contribution in [0.25, 0.3) is 0 Å². The first kappa shape index (κ1) is 86.5. The molecule has 0 saturated heterocycles. The molecule has 92 heavy (non-hydrogen) atoms. The average molecular weight is 1260 g/mol. The number of carbonyl (C=O) groups is 2. The molecule has 1 N–H and O–H groups in total. The van der Waals surface area contributed by atoms with Crippen LogP contribution in [0.4, 0.5) is 0 Å². The minimum atomic E-state index is -0.789. The van der Waals surface area contributed by atoms with Gasteiger partial charge in [-0.15, -0.1) is 0 Å². The molecule has 0 heterocycles. The largest absolute Gasteiger partial charge is 0.462 e. The maximum atomic E-state index is 12.4. The number of rotatable bonds is 67. The van der Waals surface area contributed by atoms with Crippen LogP contribution in [0.15, 0.2) is 207 Å². The van der Waals surface area contributed by atoms with Crippen molar-refractivity contribution < 1.29 is 24.2 Å². The summed E-state index contributed by atoms with van der Waals surface area (Å²) in [5, 5.41) is 9.72. The molecule has 516 valence electrons. The standard InChI is InChI=1S/C87H138O5/c1-3-5-7-9-11-13-15-17-19-21-23-25-27-29-31-33-35-37-39-41-42-43-44-46-48-50-52-54-56-58-60-62-64-66-68-70-72-74-76-78-80-82-87(90)92-85(83-88)84-91-86(89)81-79-77-75-73-71-69-67-65-63-61-59-57-55-53-51-49-47-45-40-38-36-34-32-30-28-26-24-22-20-18-16-14-12-10-8-6-4-2/h5-8,11-14,17-20,23-26,29-32,35-38,41-42,44-47,50-53,85,88H,3-4,9-10,15-16,21-22,27-28,33-34,39-40,43,48-49,54-84H2,1-2H3/b7-5-,8-6-,13-11-,14-12-,19-17-,20-18-,25-23-,26-24-,31-29-,32-30-,37-35-,38-36-,42-41-,46-44-,47-45-,52-50-,53-51-. The molecule has 1 atom stereocenters. The molecular formula is C87H138O5. The summed E-state index contributed by atoms with van der Waals surface area (Å²) < 4.78 is 10.8. The van der Waals surface area contributed by atoms with Crippen molar-refractivity contribution in [3.8, 4) is 0 Å². The molecule has 0 aromatic rings. The van der Waals surface area contributed by atoms with E-state index in [0.29, 0.717) is 12.8 Å². The van der Waals surface area contributed by atoms with Gasteiger partial charge in [0, 0.05) is 12.8 Å². The van der Waals surface area contributed by atoms with Crippen LogP contribution in [-0.4, -0.2) is 36.4 Å². The average Bonchev–Trinajstić information content (AvgIpc) is 3.64. The van der Waals surface area contributed by atoms with E-state index < -0.39 is 6.10 Å². The predicted octanol–water partition coefficient (Wildman–Crippen LogP) is 26.9. The molecule has 5 nitrogen and oxygen atoms in total. The van der Waals surface area contributed by atoms with Crippen LogP contribution in [0.3, 0.4) is 0 Å². The van der Waals surface area contributed by atoms with Crippen LogP contribution < -0.4 is 0 Å². The molecule has 0 bridgehead atoms. The Labute approximate surface area is 568 Å². The van der Waals surface area contributed by atoms with Crippen molar-refractivity contribution in [2.24, 2.45) is 0 Å². The molecule has 0 amide bonds. The van der Waals surface area contributed by atoms with Crippen molar-refractivity contribution in [1.29, 1.82) is 0 Å². The minimum absolute atomic E-state index is 0.0767. The van der Waals surface area contributed by atoms with Crippen LogP contribution in [0.2, 0.25) is 0 Å².